The third-order valence-electron chi connectivity index (χ3n) is 3.37. The standard InChI is InChI=1S/C16H26N2O/c1-4-14(3)18-16(19)10-11-17-12-13(2)15-8-6-5-7-9-15/h5-9,13-14,17H,4,10-12H2,1-3H3,(H,18,19). The fourth-order valence-electron chi connectivity index (χ4n) is 1.87. The van der Waals surface area contributed by atoms with Crippen molar-refractivity contribution in [2.24, 2.45) is 0 Å². The quantitative estimate of drug-likeness (QED) is 0.707. The van der Waals surface area contributed by atoms with E-state index in [-0.39, 0.29) is 11.9 Å². The monoisotopic (exact) mass is 262 g/mol. The van der Waals surface area contributed by atoms with E-state index in [9.17, 15) is 4.79 Å². The van der Waals surface area contributed by atoms with Crippen molar-refractivity contribution in [2.75, 3.05) is 13.1 Å². The van der Waals surface area contributed by atoms with Crippen molar-refractivity contribution >= 4 is 5.91 Å². The molecule has 106 valence electrons. The Morgan fingerprint density at radius 3 is 2.53 bits per heavy atom. The van der Waals surface area contributed by atoms with Crippen LogP contribution in [0.15, 0.2) is 30.3 Å². The van der Waals surface area contributed by atoms with Crippen molar-refractivity contribution in [3.8, 4) is 0 Å². The van der Waals surface area contributed by atoms with Crippen molar-refractivity contribution in [3.05, 3.63) is 35.9 Å². The molecule has 0 aliphatic heterocycles. The molecule has 1 rings (SSSR count). The average Bonchev–Trinajstić information content (AvgIpc) is 2.44. The normalized spacial score (nSPS) is 13.8. The van der Waals surface area contributed by atoms with Crippen LogP contribution in [0, 0.1) is 0 Å². The predicted molar refractivity (Wildman–Crippen MR) is 80.2 cm³/mol. The average molecular weight is 262 g/mol. The van der Waals surface area contributed by atoms with E-state index in [1.54, 1.807) is 0 Å². The van der Waals surface area contributed by atoms with Crippen LogP contribution in [0.5, 0.6) is 0 Å². The molecular formula is C16H26N2O. The van der Waals surface area contributed by atoms with Crippen LogP contribution in [-0.2, 0) is 4.79 Å². The molecule has 1 aromatic carbocycles. The number of carbonyl (C=O) groups is 1. The van der Waals surface area contributed by atoms with E-state index in [0.717, 1.165) is 19.5 Å². The van der Waals surface area contributed by atoms with Gasteiger partial charge in [0.15, 0.2) is 0 Å². The fourth-order valence-corrected chi connectivity index (χ4v) is 1.87. The molecule has 0 heterocycles. The Labute approximate surface area is 116 Å². The number of nitrogens with one attached hydrogen (secondary N) is 2. The summed E-state index contributed by atoms with van der Waals surface area (Å²) in [6.07, 6.45) is 1.52. The zero-order valence-corrected chi connectivity index (χ0v) is 12.3. The van der Waals surface area contributed by atoms with Gasteiger partial charge in [-0.2, -0.15) is 0 Å². The first-order valence-electron chi connectivity index (χ1n) is 7.18. The molecule has 3 heteroatoms. The van der Waals surface area contributed by atoms with Gasteiger partial charge in [0, 0.05) is 25.6 Å². The zero-order valence-electron chi connectivity index (χ0n) is 12.3. The number of benzene rings is 1. The third-order valence-corrected chi connectivity index (χ3v) is 3.37. The van der Waals surface area contributed by atoms with E-state index in [0.29, 0.717) is 12.3 Å². The number of hydrogen-bond acceptors (Lipinski definition) is 2. The summed E-state index contributed by atoms with van der Waals surface area (Å²) >= 11 is 0. The highest BCUT2D eigenvalue weighted by molar-refractivity contribution is 5.76. The van der Waals surface area contributed by atoms with E-state index in [1.165, 1.54) is 5.56 Å². The minimum absolute atomic E-state index is 0.134. The second-order valence-electron chi connectivity index (χ2n) is 5.14. The molecule has 3 nitrogen and oxygen atoms in total. The highest BCUT2D eigenvalue weighted by atomic mass is 16.1. The molecule has 19 heavy (non-hydrogen) atoms. The van der Waals surface area contributed by atoms with Crippen molar-refractivity contribution in [1.29, 1.82) is 0 Å². The van der Waals surface area contributed by atoms with E-state index >= 15 is 0 Å². The molecule has 1 aromatic rings. The van der Waals surface area contributed by atoms with Gasteiger partial charge in [0.1, 0.15) is 0 Å². The highest BCUT2D eigenvalue weighted by Gasteiger charge is 2.06. The first-order chi connectivity index (χ1) is 9.13. The van der Waals surface area contributed by atoms with Gasteiger partial charge in [-0.05, 0) is 24.8 Å². The summed E-state index contributed by atoms with van der Waals surface area (Å²) in [6.45, 7) is 7.94. The van der Waals surface area contributed by atoms with Crippen molar-refractivity contribution < 1.29 is 4.79 Å². The van der Waals surface area contributed by atoms with E-state index < -0.39 is 0 Å². The summed E-state index contributed by atoms with van der Waals surface area (Å²) in [4.78, 5) is 11.6. The molecule has 2 N–H and O–H groups in total. The maximum absolute atomic E-state index is 11.6. The van der Waals surface area contributed by atoms with Crippen molar-refractivity contribution in [1.82, 2.24) is 10.6 Å². The number of rotatable bonds is 8. The van der Waals surface area contributed by atoms with E-state index in [2.05, 4.69) is 48.7 Å². The van der Waals surface area contributed by atoms with Crippen molar-refractivity contribution in [3.63, 3.8) is 0 Å². The molecule has 0 spiro atoms. The van der Waals surface area contributed by atoms with Gasteiger partial charge in [-0.1, -0.05) is 44.2 Å². The molecule has 0 aromatic heterocycles. The lowest BCUT2D eigenvalue weighted by atomic mass is 10.0. The number of hydrogen-bond donors (Lipinski definition) is 2. The minimum atomic E-state index is 0.134. The van der Waals surface area contributed by atoms with Gasteiger partial charge in [-0.25, -0.2) is 0 Å². The smallest absolute Gasteiger partial charge is 0.221 e. The summed E-state index contributed by atoms with van der Waals surface area (Å²) in [5.41, 5.74) is 1.33. The Balaban J connectivity index is 2.15. The van der Waals surface area contributed by atoms with Gasteiger partial charge >= 0.3 is 0 Å². The van der Waals surface area contributed by atoms with Crippen LogP contribution >= 0.6 is 0 Å². The molecular weight excluding hydrogens is 236 g/mol. The Bertz CT molecular complexity index is 364. The lowest BCUT2D eigenvalue weighted by molar-refractivity contribution is -0.121. The van der Waals surface area contributed by atoms with Crippen LogP contribution < -0.4 is 10.6 Å². The van der Waals surface area contributed by atoms with Crippen LogP contribution in [0.3, 0.4) is 0 Å². The fraction of sp³-hybridized carbons (Fsp3) is 0.562. The van der Waals surface area contributed by atoms with E-state index in [1.807, 2.05) is 13.0 Å². The molecule has 1 amide bonds. The molecule has 2 unspecified atom stereocenters. The lowest BCUT2D eigenvalue weighted by Gasteiger charge is -2.14. The molecule has 2 atom stereocenters. The van der Waals surface area contributed by atoms with Gasteiger partial charge in [0.05, 0.1) is 0 Å². The lowest BCUT2D eigenvalue weighted by Crippen LogP contribution is -2.34. The van der Waals surface area contributed by atoms with Gasteiger partial charge in [-0.3, -0.25) is 4.79 Å². The maximum Gasteiger partial charge on any atom is 0.221 e. The van der Waals surface area contributed by atoms with Crippen LogP contribution in [0.2, 0.25) is 0 Å². The number of amides is 1. The van der Waals surface area contributed by atoms with Crippen LogP contribution in [-0.4, -0.2) is 25.0 Å². The number of carbonyl (C=O) groups excluding carboxylic acids is 1. The molecule has 0 aliphatic carbocycles. The Morgan fingerprint density at radius 2 is 1.89 bits per heavy atom. The first-order valence-corrected chi connectivity index (χ1v) is 7.18. The molecule has 0 aliphatic rings. The van der Waals surface area contributed by atoms with Crippen LogP contribution in [0.1, 0.15) is 45.1 Å². The van der Waals surface area contributed by atoms with E-state index in [4.69, 9.17) is 0 Å². The second-order valence-corrected chi connectivity index (χ2v) is 5.14. The Kier molecular flexibility index (Phi) is 7.19. The Morgan fingerprint density at radius 1 is 1.21 bits per heavy atom. The largest absolute Gasteiger partial charge is 0.354 e. The Hall–Kier alpha value is -1.35. The highest BCUT2D eigenvalue weighted by Crippen LogP contribution is 2.12. The zero-order chi connectivity index (χ0) is 14.1. The summed E-state index contributed by atoms with van der Waals surface area (Å²) in [5.74, 6) is 0.605. The predicted octanol–water partition coefficient (Wildman–Crippen LogP) is 2.68. The first kappa shape index (κ1) is 15.7. The third kappa shape index (κ3) is 6.39. The molecule has 0 saturated heterocycles. The van der Waals surface area contributed by atoms with Gasteiger partial charge in [-0.15, -0.1) is 0 Å². The second kappa shape index (κ2) is 8.70. The van der Waals surface area contributed by atoms with Gasteiger partial charge in [0.2, 0.25) is 5.91 Å². The SMILES string of the molecule is CCC(C)NC(=O)CCNCC(C)c1ccccc1. The molecule has 0 fully saturated rings. The molecule has 0 saturated carbocycles. The minimum Gasteiger partial charge on any atom is -0.354 e. The molecule has 0 radical (unpaired) electrons. The summed E-state index contributed by atoms with van der Waals surface area (Å²) in [6, 6.07) is 10.7. The maximum atomic E-state index is 11.6. The van der Waals surface area contributed by atoms with Crippen molar-refractivity contribution in [2.45, 2.75) is 45.6 Å². The topological polar surface area (TPSA) is 41.1 Å². The van der Waals surface area contributed by atoms with Gasteiger partial charge in [0.25, 0.3) is 0 Å². The molecule has 0 bridgehead atoms. The summed E-state index contributed by atoms with van der Waals surface area (Å²) < 4.78 is 0. The van der Waals surface area contributed by atoms with Crippen LogP contribution in [0.25, 0.3) is 0 Å². The summed E-state index contributed by atoms with van der Waals surface area (Å²) in [7, 11) is 0. The summed E-state index contributed by atoms with van der Waals surface area (Å²) in [5, 5.41) is 6.32. The van der Waals surface area contributed by atoms with Crippen LogP contribution in [0.4, 0.5) is 0 Å². The van der Waals surface area contributed by atoms with Gasteiger partial charge < -0.3 is 10.6 Å².